The van der Waals surface area contributed by atoms with E-state index < -0.39 is 49.0 Å². The quantitative estimate of drug-likeness (QED) is 0.299. The first kappa shape index (κ1) is 33.1. The number of H-pyrrole nitrogens is 1. The average molecular weight is 634 g/mol. The van der Waals surface area contributed by atoms with Crippen LogP contribution in [0.5, 0.6) is 0 Å². The number of nitrogens with zero attached hydrogens (tertiary/aromatic N) is 3. The molecule has 0 amide bonds. The van der Waals surface area contributed by atoms with Gasteiger partial charge in [-0.3, -0.25) is 14.3 Å². The van der Waals surface area contributed by atoms with E-state index in [9.17, 15) is 4.79 Å². The predicted octanol–water partition coefficient (Wildman–Crippen LogP) is 5.90. The zero-order valence-electron chi connectivity index (χ0n) is 27.7. The van der Waals surface area contributed by atoms with Crippen LogP contribution < -0.4 is 10.9 Å². The molecule has 0 spiro atoms. The van der Waals surface area contributed by atoms with Crippen molar-refractivity contribution in [2.24, 2.45) is 5.41 Å². The number of hydrogen-bond donors (Lipinski definition) is 2. The number of rotatable bonds is 6. The van der Waals surface area contributed by atoms with Gasteiger partial charge in [-0.2, -0.15) is 4.98 Å². The Bertz CT molecular complexity index is 1390. The van der Waals surface area contributed by atoms with Gasteiger partial charge in [-0.05, 0) is 29.1 Å². The maximum absolute atomic E-state index is 12.9. The van der Waals surface area contributed by atoms with Crippen molar-refractivity contribution >= 4 is 42.3 Å². The summed E-state index contributed by atoms with van der Waals surface area (Å²) in [7, 11) is -5.75. The van der Waals surface area contributed by atoms with Gasteiger partial charge in [-0.15, -0.1) is 5.54 Å². The summed E-state index contributed by atoms with van der Waals surface area (Å²) in [5.41, 5.74) is 4.00. The molecule has 1 unspecified atom stereocenters. The number of ether oxygens (including phenoxy) is 1. The summed E-state index contributed by atoms with van der Waals surface area (Å²) in [6.07, 6.45) is 0.218. The molecule has 2 aliphatic heterocycles. The second-order valence-corrected chi connectivity index (χ2v) is 27.9. The lowest BCUT2D eigenvalue weighted by Gasteiger charge is -2.52. The van der Waals surface area contributed by atoms with Crippen molar-refractivity contribution in [3.05, 3.63) is 16.7 Å². The van der Waals surface area contributed by atoms with Crippen molar-refractivity contribution in [2.75, 3.05) is 19.0 Å². The molecule has 2 aromatic rings. The van der Waals surface area contributed by atoms with Crippen LogP contribution in [0.25, 0.3) is 11.2 Å². The normalized spacial score (nSPS) is 27.7. The van der Waals surface area contributed by atoms with E-state index in [1.165, 1.54) is 0 Å². The molecule has 0 aliphatic carbocycles. The molecular weight excluding hydrogens is 583 g/mol. The second kappa shape index (κ2) is 11.6. The molecule has 13 heteroatoms. The van der Waals surface area contributed by atoms with Crippen molar-refractivity contribution in [1.82, 2.24) is 19.5 Å². The molecule has 2 saturated heterocycles. The van der Waals surface area contributed by atoms with Gasteiger partial charge in [0.2, 0.25) is 5.95 Å². The molecule has 4 heterocycles. The van der Waals surface area contributed by atoms with Gasteiger partial charge in [0, 0.05) is 7.05 Å². The fourth-order valence-electron chi connectivity index (χ4n) is 6.38. The number of aromatic nitrogens is 4. The summed E-state index contributed by atoms with van der Waals surface area (Å²) in [4.78, 5) is 24.7. The topological polar surface area (TPSA) is 113 Å². The predicted molar refractivity (Wildman–Crippen MR) is 175 cm³/mol. The SMILES string of the molecule is CNc1nc2c(ncn2[C@@H]2O[C@@H]3CO[Si](C(C)C)(C(C)C)O[Si](C(C)C)(C(C)C)O[C@@H]3C2(C)C#C[Si](C)(C)C)c(=O)[nH]1. The highest BCUT2D eigenvalue weighted by atomic mass is 28.5. The lowest BCUT2D eigenvalue weighted by Crippen LogP contribution is -2.66. The maximum Gasteiger partial charge on any atom is 0.335 e. The van der Waals surface area contributed by atoms with Gasteiger partial charge in [0.05, 0.1) is 19.0 Å². The fourth-order valence-corrected chi connectivity index (χ4v) is 18.3. The Hall–Kier alpha value is -1.80. The van der Waals surface area contributed by atoms with Crippen LogP contribution in [-0.4, -0.2) is 70.6 Å². The third-order valence-electron chi connectivity index (χ3n) is 8.70. The van der Waals surface area contributed by atoms with Gasteiger partial charge in [0.25, 0.3) is 5.56 Å². The van der Waals surface area contributed by atoms with Crippen LogP contribution in [0.15, 0.2) is 11.1 Å². The van der Waals surface area contributed by atoms with Gasteiger partial charge in [-0.1, -0.05) is 81.0 Å². The molecule has 10 nitrogen and oxygen atoms in total. The first-order valence-electron chi connectivity index (χ1n) is 15.3. The van der Waals surface area contributed by atoms with E-state index in [1.54, 1.807) is 13.4 Å². The van der Waals surface area contributed by atoms with E-state index in [4.69, 9.17) is 17.7 Å². The van der Waals surface area contributed by atoms with Gasteiger partial charge in [0.15, 0.2) is 17.4 Å². The Kier molecular flexibility index (Phi) is 9.15. The van der Waals surface area contributed by atoms with Crippen LogP contribution in [-0.2, 0) is 17.7 Å². The van der Waals surface area contributed by atoms with E-state index in [0.29, 0.717) is 18.2 Å². The number of anilines is 1. The molecule has 0 radical (unpaired) electrons. The molecule has 42 heavy (non-hydrogen) atoms. The molecule has 0 bridgehead atoms. The minimum absolute atomic E-state index is 0.171. The molecule has 0 saturated carbocycles. The summed E-state index contributed by atoms with van der Waals surface area (Å²) < 4.78 is 30.8. The molecule has 2 fully saturated rings. The molecular formula is C29H51N5O5Si3. The smallest absolute Gasteiger partial charge is 0.335 e. The zero-order chi connectivity index (χ0) is 31.4. The van der Waals surface area contributed by atoms with Gasteiger partial charge in [0.1, 0.15) is 19.6 Å². The lowest BCUT2D eigenvalue weighted by molar-refractivity contribution is -0.0556. The van der Waals surface area contributed by atoms with Crippen molar-refractivity contribution in [2.45, 2.75) is 123 Å². The van der Waals surface area contributed by atoms with Crippen molar-refractivity contribution in [1.29, 1.82) is 0 Å². The molecule has 0 aromatic carbocycles. The van der Waals surface area contributed by atoms with Crippen LogP contribution >= 0.6 is 0 Å². The Labute approximate surface area is 254 Å². The highest BCUT2D eigenvalue weighted by Crippen LogP contribution is 2.53. The van der Waals surface area contributed by atoms with Crippen LogP contribution in [0.3, 0.4) is 0 Å². The lowest BCUT2D eigenvalue weighted by atomic mass is 9.83. The van der Waals surface area contributed by atoms with E-state index in [0.717, 1.165) is 0 Å². The highest BCUT2D eigenvalue weighted by molar-refractivity contribution is 6.84. The highest BCUT2D eigenvalue weighted by Gasteiger charge is 2.64. The van der Waals surface area contributed by atoms with Crippen molar-refractivity contribution < 1.29 is 17.7 Å². The molecule has 4 atom stereocenters. The third-order valence-corrected chi connectivity index (χ3v) is 19.8. The largest absolute Gasteiger partial charge is 0.414 e. The average Bonchev–Trinajstić information content (AvgIpc) is 3.40. The second-order valence-electron chi connectivity index (χ2n) is 14.3. The third kappa shape index (κ3) is 5.60. The molecule has 2 N–H and O–H groups in total. The van der Waals surface area contributed by atoms with Crippen LogP contribution in [0.4, 0.5) is 5.95 Å². The van der Waals surface area contributed by atoms with E-state index in [2.05, 4.69) is 114 Å². The summed E-state index contributed by atoms with van der Waals surface area (Å²) in [5, 5.41) is 2.94. The summed E-state index contributed by atoms with van der Waals surface area (Å²) in [6.45, 7) is 26.9. The molecule has 2 aromatic heterocycles. The zero-order valence-corrected chi connectivity index (χ0v) is 30.7. The first-order chi connectivity index (χ1) is 19.4. The van der Waals surface area contributed by atoms with Gasteiger partial charge < -0.3 is 23.0 Å². The van der Waals surface area contributed by atoms with Crippen molar-refractivity contribution in [3.8, 4) is 11.5 Å². The minimum atomic E-state index is -2.93. The van der Waals surface area contributed by atoms with E-state index >= 15 is 0 Å². The van der Waals surface area contributed by atoms with Crippen LogP contribution in [0.1, 0.15) is 68.5 Å². The fraction of sp³-hybridized carbons (Fsp3) is 0.759. The summed E-state index contributed by atoms with van der Waals surface area (Å²) in [6, 6.07) is 0. The Balaban J connectivity index is 1.97. The van der Waals surface area contributed by atoms with Gasteiger partial charge >= 0.3 is 17.1 Å². The summed E-state index contributed by atoms with van der Waals surface area (Å²) in [5.74, 6) is 4.04. The number of hydrogen-bond acceptors (Lipinski definition) is 8. The molecule has 4 rings (SSSR count). The Morgan fingerprint density at radius 2 is 1.67 bits per heavy atom. The Morgan fingerprint density at radius 3 is 2.19 bits per heavy atom. The monoisotopic (exact) mass is 633 g/mol. The first-order valence-corrected chi connectivity index (χ1v) is 22.7. The number of aromatic amines is 1. The summed E-state index contributed by atoms with van der Waals surface area (Å²) >= 11 is 0. The number of imidazole rings is 1. The number of nitrogens with one attached hydrogen (secondary N) is 2. The Morgan fingerprint density at radius 1 is 1.07 bits per heavy atom. The maximum atomic E-state index is 12.9. The van der Waals surface area contributed by atoms with Crippen LogP contribution in [0.2, 0.25) is 41.8 Å². The molecule has 234 valence electrons. The van der Waals surface area contributed by atoms with Gasteiger partial charge in [-0.25, -0.2) is 4.98 Å². The van der Waals surface area contributed by atoms with Crippen LogP contribution in [0, 0.1) is 16.9 Å². The van der Waals surface area contributed by atoms with E-state index in [1.807, 2.05) is 4.57 Å². The standard InChI is InChI=1S/C29H51N5O5Si3/c1-18(2)41(19(3)4)36-16-22-24(38-42(39-41,20(5)6)21(7)8)29(9,14-15-40(11,12)13)27(37-22)34-17-31-23-25(34)32-28(30-10)33-26(23)35/h17-22,24,27H,16H2,1-13H3,(H2,30,32,33,35)/t22-,24+,27-,29?/m1/s1. The molecule has 2 aliphatic rings. The minimum Gasteiger partial charge on any atom is -0.414 e. The number of fused-ring (bicyclic) bond motifs is 2. The van der Waals surface area contributed by atoms with E-state index in [-0.39, 0.29) is 33.2 Å². The van der Waals surface area contributed by atoms with Crippen molar-refractivity contribution in [3.63, 3.8) is 0 Å².